The number of rotatable bonds is 6. The van der Waals surface area contributed by atoms with Gasteiger partial charge in [-0.3, -0.25) is 9.69 Å². The molecule has 0 aliphatic carbocycles. The summed E-state index contributed by atoms with van der Waals surface area (Å²) >= 11 is 7.03. The van der Waals surface area contributed by atoms with Crippen LogP contribution in [0.15, 0.2) is 0 Å². The van der Waals surface area contributed by atoms with E-state index in [1.807, 2.05) is 18.7 Å². The van der Waals surface area contributed by atoms with Crippen molar-refractivity contribution < 1.29 is 4.79 Å². The summed E-state index contributed by atoms with van der Waals surface area (Å²) in [6.45, 7) is 6.33. The Morgan fingerprint density at radius 1 is 1.50 bits per heavy atom. The molecule has 0 aliphatic heterocycles. The van der Waals surface area contributed by atoms with Crippen LogP contribution in [0, 0.1) is 0 Å². The fourth-order valence-corrected chi connectivity index (χ4v) is 2.13. The smallest absolute Gasteiger partial charge is 0.234 e. The van der Waals surface area contributed by atoms with Gasteiger partial charge in [0.05, 0.1) is 13.1 Å². The predicted molar refractivity (Wildman–Crippen MR) is 64.6 cm³/mol. The average Bonchev–Trinajstić information content (AvgIpc) is 2.63. The average molecular weight is 263 g/mol. The number of carbonyl (C=O) groups excluding carboxylic acids is 1. The van der Waals surface area contributed by atoms with Crippen LogP contribution < -0.4 is 5.32 Å². The number of hydrogen-bond donors (Lipinski definition) is 1. The van der Waals surface area contributed by atoms with Gasteiger partial charge in [0.2, 0.25) is 10.4 Å². The quantitative estimate of drug-likeness (QED) is 0.836. The highest BCUT2D eigenvalue weighted by molar-refractivity contribution is 7.15. The van der Waals surface area contributed by atoms with Crippen molar-refractivity contribution in [1.82, 2.24) is 20.4 Å². The van der Waals surface area contributed by atoms with E-state index in [2.05, 4.69) is 15.5 Å². The second-order valence-corrected chi connectivity index (χ2v) is 4.85. The molecule has 0 radical (unpaired) electrons. The number of likely N-dealkylation sites (N-methyl/N-ethyl adjacent to an activating group) is 2. The highest BCUT2D eigenvalue weighted by atomic mass is 35.5. The van der Waals surface area contributed by atoms with Gasteiger partial charge in [-0.1, -0.05) is 18.3 Å². The minimum absolute atomic E-state index is 0.0277. The maximum Gasteiger partial charge on any atom is 0.234 e. The molecule has 16 heavy (non-hydrogen) atoms. The van der Waals surface area contributed by atoms with Crippen molar-refractivity contribution in [2.24, 2.45) is 0 Å². The van der Waals surface area contributed by atoms with Crippen LogP contribution >= 0.6 is 22.9 Å². The Kier molecular flexibility index (Phi) is 5.65. The summed E-state index contributed by atoms with van der Waals surface area (Å²) in [6, 6.07) is 0. The molecule has 1 amide bonds. The van der Waals surface area contributed by atoms with E-state index in [0.717, 1.165) is 11.6 Å². The van der Waals surface area contributed by atoms with Gasteiger partial charge in [-0.05, 0) is 25.1 Å². The van der Waals surface area contributed by atoms with Crippen molar-refractivity contribution >= 4 is 28.8 Å². The molecule has 1 aromatic rings. The highest BCUT2D eigenvalue weighted by Crippen LogP contribution is 2.16. The van der Waals surface area contributed by atoms with Crippen LogP contribution in [0.1, 0.15) is 18.9 Å². The minimum atomic E-state index is 0.0277. The number of aromatic nitrogens is 2. The van der Waals surface area contributed by atoms with E-state index < -0.39 is 0 Å². The lowest BCUT2D eigenvalue weighted by molar-refractivity contribution is -0.122. The van der Waals surface area contributed by atoms with Crippen molar-refractivity contribution in [3.63, 3.8) is 0 Å². The molecule has 0 aliphatic rings. The van der Waals surface area contributed by atoms with Crippen LogP contribution in [0.25, 0.3) is 0 Å². The Morgan fingerprint density at radius 2 is 2.25 bits per heavy atom. The van der Waals surface area contributed by atoms with Crippen molar-refractivity contribution in [3.8, 4) is 0 Å². The van der Waals surface area contributed by atoms with Gasteiger partial charge in [-0.15, -0.1) is 10.2 Å². The lowest BCUT2D eigenvalue weighted by Crippen LogP contribution is -2.36. The molecule has 1 N–H and O–H groups in total. The number of amides is 1. The molecule has 0 fully saturated rings. The summed E-state index contributed by atoms with van der Waals surface area (Å²) in [5, 5.41) is 11.2. The maximum absolute atomic E-state index is 11.4. The van der Waals surface area contributed by atoms with E-state index in [1.54, 1.807) is 0 Å². The molecular weight excluding hydrogens is 248 g/mol. The van der Waals surface area contributed by atoms with Gasteiger partial charge in [-0.2, -0.15) is 0 Å². The molecule has 1 aromatic heterocycles. The van der Waals surface area contributed by atoms with Crippen molar-refractivity contribution in [3.05, 3.63) is 9.47 Å². The molecule has 5 nitrogen and oxygen atoms in total. The maximum atomic E-state index is 11.4. The van der Waals surface area contributed by atoms with Gasteiger partial charge in [-0.25, -0.2) is 0 Å². The Hall–Kier alpha value is -0.720. The van der Waals surface area contributed by atoms with Crippen LogP contribution in [0.2, 0.25) is 4.47 Å². The zero-order valence-corrected chi connectivity index (χ0v) is 10.9. The fourth-order valence-electron chi connectivity index (χ4n) is 1.22. The van der Waals surface area contributed by atoms with Gasteiger partial charge in [0, 0.05) is 6.54 Å². The SMILES string of the molecule is CCNC(=O)CN(CC)Cc1nnc(Cl)s1. The van der Waals surface area contributed by atoms with Crippen molar-refractivity contribution in [2.45, 2.75) is 20.4 Å². The van der Waals surface area contributed by atoms with E-state index in [4.69, 9.17) is 11.6 Å². The van der Waals surface area contributed by atoms with Crippen LogP contribution in [0.4, 0.5) is 0 Å². The Morgan fingerprint density at radius 3 is 2.75 bits per heavy atom. The summed E-state index contributed by atoms with van der Waals surface area (Å²) in [7, 11) is 0. The number of halogens is 1. The van der Waals surface area contributed by atoms with Crippen LogP contribution in [-0.4, -0.2) is 40.6 Å². The molecule has 0 unspecified atom stereocenters. The molecule has 1 heterocycles. The normalized spacial score (nSPS) is 10.8. The third-order valence-corrected chi connectivity index (χ3v) is 2.99. The summed E-state index contributed by atoms with van der Waals surface area (Å²) in [5.41, 5.74) is 0. The van der Waals surface area contributed by atoms with E-state index in [1.165, 1.54) is 11.3 Å². The zero-order chi connectivity index (χ0) is 12.0. The molecule has 0 saturated heterocycles. The van der Waals surface area contributed by atoms with E-state index >= 15 is 0 Å². The van der Waals surface area contributed by atoms with Crippen LogP contribution in [0.5, 0.6) is 0 Å². The van der Waals surface area contributed by atoms with Crippen LogP contribution in [-0.2, 0) is 11.3 Å². The van der Waals surface area contributed by atoms with Gasteiger partial charge in [0.1, 0.15) is 5.01 Å². The van der Waals surface area contributed by atoms with Crippen molar-refractivity contribution in [1.29, 1.82) is 0 Å². The second kappa shape index (κ2) is 6.78. The molecular formula is C9H15ClN4OS. The van der Waals surface area contributed by atoms with Crippen molar-refractivity contribution in [2.75, 3.05) is 19.6 Å². The first-order chi connectivity index (χ1) is 7.65. The first kappa shape index (κ1) is 13.3. The molecule has 0 atom stereocenters. The zero-order valence-electron chi connectivity index (χ0n) is 9.36. The van der Waals surface area contributed by atoms with Crippen LogP contribution in [0.3, 0.4) is 0 Å². The molecule has 0 spiro atoms. The molecule has 0 aromatic carbocycles. The predicted octanol–water partition coefficient (Wildman–Crippen LogP) is 1.15. The standard InChI is InChI=1S/C9H15ClN4OS/c1-3-11-7(15)5-14(4-2)6-8-12-13-9(10)16-8/h3-6H2,1-2H3,(H,11,15). The summed E-state index contributed by atoms with van der Waals surface area (Å²) in [6.07, 6.45) is 0. The van der Waals surface area contributed by atoms with E-state index in [-0.39, 0.29) is 5.91 Å². The lowest BCUT2D eigenvalue weighted by atomic mass is 10.4. The topological polar surface area (TPSA) is 58.1 Å². The Labute approximate surface area is 104 Å². The Bertz CT molecular complexity index is 344. The third-order valence-electron chi connectivity index (χ3n) is 1.99. The summed E-state index contributed by atoms with van der Waals surface area (Å²) < 4.78 is 0.434. The monoisotopic (exact) mass is 262 g/mol. The third kappa shape index (κ3) is 4.42. The number of carbonyl (C=O) groups is 1. The van der Waals surface area contributed by atoms with Gasteiger partial charge >= 0.3 is 0 Å². The van der Waals surface area contributed by atoms with Gasteiger partial charge < -0.3 is 5.32 Å². The van der Waals surface area contributed by atoms with Gasteiger partial charge in [0.25, 0.3) is 0 Å². The number of hydrogen-bond acceptors (Lipinski definition) is 5. The Balaban J connectivity index is 2.45. The summed E-state index contributed by atoms with van der Waals surface area (Å²) in [4.78, 5) is 13.4. The molecule has 0 bridgehead atoms. The minimum Gasteiger partial charge on any atom is -0.355 e. The lowest BCUT2D eigenvalue weighted by Gasteiger charge is -2.17. The fraction of sp³-hybridized carbons (Fsp3) is 0.667. The second-order valence-electron chi connectivity index (χ2n) is 3.21. The summed E-state index contributed by atoms with van der Waals surface area (Å²) in [5.74, 6) is 0.0277. The first-order valence-electron chi connectivity index (χ1n) is 5.12. The largest absolute Gasteiger partial charge is 0.355 e. The highest BCUT2D eigenvalue weighted by Gasteiger charge is 2.11. The first-order valence-corrected chi connectivity index (χ1v) is 6.32. The molecule has 0 saturated carbocycles. The molecule has 90 valence electrons. The number of nitrogens with zero attached hydrogens (tertiary/aromatic N) is 3. The molecule has 7 heteroatoms. The van der Waals surface area contributed by atoms with Gasteiger partial charge in [0.15, 0.2) is 0 Å². The van der Waals surface area contributed by atoms with E-state index in [0.29, 0.717) is 24.1 Å². The molecule has 1 rings (SSSR count). The number of nitrogens with one attached hydrogen (secondary N) is 1. The van der Waals surface area contributed by atoms with E-state index in [9.17, 15) is 4.79 Å².